The van der Waals surface area contributed by atoms with Gasteiger partial charge in [-0.1, -0.05) is 19.1 Å². The molecule has 1 aromatic carbocycles. The van der Waals surface area contributed by atoms with Crippen molar-refractivity contribution in [2.75, 3.05) is 26.8 Å². The lowest BCUT2D eigenvalue weighted by atomic mass is 10.1. The van der Waals surface area contributed by atoms with E-state index in [1.165, 1.54) is 7.11 Å². The molecule has 0 radical (unpaired) electrons. The molecule has 0 unspecified atom stereocenters. The molecule has 21 heavy (non-hydrogen) atoms. The molecule has 0 bridgehead atoms. The van der Waals surface area contributed by atoms with Gasteiger partial charge in [-0.05, 0) is 25.5 Å². The van der Waals surface area contributed by atoms with E-state index in [0.717, 1.165) is 6.42 Å². The third-order valence-electron chi connectivity index (χ3n) is 3.01. The molecule has 1 rings (SSSR count). The van der Waals surface area contributed by atoms with Gasteiger partial charge in [-0.25, -0.2) is 0 Å². The van der Waals surface area contributed by atoms with Crippen LogP contribution >= 0.6 is 0 Å². The normalized spacial score (nSPS) is 10.0. The van der Waals surface area contributed by atoms with Gasteiger partial charge >= 0.3 is 5.97 Å². The topological polar surface area (TPSA) is 55.8 Å². The van der Waals surface area contributed by atoms with Crippen LogP contribution in [0.5, 0.6) is 5.75 Å². The van der Waals surface area contributed by atoms with E-state index in [1.807, 2.05) is 13.0 Å². The highest BCUT2D eigenvalue weighted by molar-refractivity contribution is 5.97. The maximum atomic E-state index is 12.6. The van der Waals surface area contributed by atoms with Crippen LogP contribution in [-0.4, -0.2) is 43.6 Å². The van der Waals surface area contributed by atoms with Crippen molar-refractivity contribution in [3.05, 3.63) is 29.8 Å². The second-order valence-electron chi connectivity index (χ2n) is 4.55. The second kappa shape index (κ2) is 9.00. The highest BCUT2D eigenvalue weighted by atomic mass is 16.5. The van der Waals surface area contributed by atoms with Crippen LogP contribution in [0.3, 0.4) is 0 Å². The van der Waals surface area contributed by atoms with Crippen molar-refractivity contribution >= 4 is 11.9 Å². The fourth-order valence-corrected chi connectivity index (χ4v) is 2.04. The van der Waals surface area contributed by atoms with Gasteiger partial charge in [-0.2, -0.15) is 0 Å². The summed E-state index contributed by atoms with van der Waals surface area (Å²) in [6.07, 6.45) is 1.03. The van der Waals surface area contributed by atoms with Crippen molar-refractivity contribution < 1.29 is 19.1 Å². The molecule has 0 saturated carbocycles. The largest absolute Gasteiger partial charge is 0.496 e. The number of esters is 1. The van der Waals surface area contributed by atoms with Gasteiger partial charge in [0.05, 0.1) is 25.7 Å². The summed E-state index contributed by atoms with van der Waals surface area (Å²) in [4.78, 5) is 25.7. The summed E-state index contributed by atoms with van der Waals surface area (Å²) in [6.45, 7) is 5.06. The Kier molecular flexibility index (Phi) is 7.29. The average molecular weight is 293 g/mol. The zero-order valence-corrected chi connectivity index (χ0v) is 12.9. The number of para-hydroxylation sites is 1. The number of hydrogen-bond acceptors (Lipinski definition) is 4. The van der Waals surface area contributed by atoms with Crippen LogP contribution in [-0.2, 0) is 9.53 Å². The van der Waals surface area contributed by atoms with Gasteiger partial charge < -0.3 is 14.4 Å². The summed E-state index contributed by atoms with van der Waals surface area (Å²) in [5, 5.41) is 0. The first kappa shape index (κ1) is 17.0. The molecule has 1 amide bonds. The molecule has 0 atom stereocenters. The van der Waals surface area contributed by atoms with Crippen LogP contribution in [0.4, 0.5) is 0 Å². The van der Waals surface area contributed by atoms with E-state index >= 15 is 0 Å². The van der Waals surface area contributed by atoms with Gasteiger partial charge in [0.1, 0.15) is 5.75 Å². The first-order valence-corrected chi connectivity index (χ1v) is 7.21. The first-order chi connectivity index (χ1) is 10.1. The van der Waals surface area contributed by atoms with Gasteiger partial charge in [-0.3, -0.25) is 9.59 Å². The Hall–Kier alpha value is -2.04. The fraction of sp³-hybridized carbons (Fsp3) is 0.500. The highest BCUT2D eigenvalue weighted by Crippen LogP contribution is 2.19. The number of nitrogens with zero attached hydrogens (tertiary/aromatic N) is 1. The van der Waals surface area contributed by atoms with E-state index in [0.29, 0.717) is 31.0 Å². The van der Waals surface area contributed by atoms with Crippen LogP contribution < -0.4 is 4.74 Å². The Morgan fingerprint density at radius 1 is 1.14 bits per heavy atom. The van der Waals surface area contributed by atoms with Crippen molar-refractivity contribution in [2.45, 2.75) is 26.7 Å². The maximum absolute atomic E-state index is 12.6. The lowest BCUT2D eigenvalue weighted by molar-refractivity contribution is -0.143. The van der Waals surface area contributed by atoms with Crippen LogP contribution in [0.1, 0.15) is 37.0 Å². The van der Waals surface area contributed by atoms with Gasteiger partial charge in [0.15, 0.2) is 0 Å². The van der Waals surface area contributed by atoms with Crippen molar-refractivity contribution in [1.29, 1.82) is 0 Å². The molecule has 0 aliphatic heterocycles. The number of hydrogen-bond donors (Lipinski definition) is 0. The van der Waals surface area contributed by atoms with Crippen molar-refractivity contribution in [3.63, 3.8) is 0 Å². The third kappa shape index (κ3) is 5.10. The van der Waals surface area contributed by atoms with E-state index in [4.69, 9.17) is 9.47 Å². The Bertz CT molecular complexity index is 473. The molecule has 0 fully saturated rings. The standard InChI is InChI=1S/C16H23NO4/c1-4-11-17(12-10-15(18)21-5-2)16(19)13-8-6-7-9-14(13)20-3/h6-9H,4-5,10-12H2,1-3H3. The van der Waals surface area contributed by atoms with Gasteiger partial charge in [0.25, 0.3) is 5.91 Å². The number of carbonyl (C=O) groups excluding carboxylic acids is 2. The fourth-order valence-electron chi connectivity index (χ4n) is 2.04. The lowest BCUT2D eigenvalue weighted by Gasteiger charge is -2.22. The molecule has 0 aliphatic rings. The molecule has 0 aromatic heterocycles. The Morgan fingerprint density at radius 3 is 2.48 bits per heavy atom. The van der Waals surface area contributed by atoms with Crippen LogP contribution in [0.25, 0.3) is 0 Å². The number of benzene rings is 1. The van der Waals surface area contributed by atoms with Crippen LogP contribution in [0.15, 0.2) is 24.3 Å². The monoisotopic (exact) mass is 293 g/mol. The Balaban J connectivity index is 2.79. The zero-order valence-electron chi connectivity index (χ0n) is 12.9. The quantitative estimate of drug-likeness (QED) is 0.691. The molecule has 0 saturated heterocycles. The van der Waals surface area contributed by atoms with Gasteiger partial charge in [-0.15, -0.1) is 0 Å². The maximum Gasteiger partial charge on any atom is 0.307 e. The Morgan fingerprint density at radius 2 is 1.86 bits per heavy atom. The lowest BCUT2D eigenvalue weighted by Crippen LogP contribution is -2.34. The minimum absolute atomic E-state index is 0.126. The molecule has 116 valence electrons. The van der Waals surface area contributed by atoms with Crippen molar-refractivity contribution in [2.24, 2.45) is 0 Å². The summed E-state index contributed by atoms with van der Waals surface area (Å²) >= 11 is 0. The van der Waals surface area contributed by atoms with E-state index < -0.39 is 0 Å². The SMILES string of the molecule is CCCN(CCC(=O)OCC)C(=O)c1ccccc1OC. The van der Waals surface area contributed by atoms with E-state index in [-0.39, 0.29) is 18.3 Å². The number of rotatable bonds is 8. The van der Waals surface area contributed by atoms with Gasteiger partial charge in [0, 0.05) is 13.1 Å². The summed E-state index contributed by atoms with van der Waals surface area (Å²) in [5.74, 6) is 0.129. The second-order valence-corrected chi connectivity index (χ2v) is 4.55. The minimum Gasteiger partial charge on any atom is -0.496 e. The molecular weight excluding hydrogens is 270 g/mol. The van der Waals surface area contributed by atoms with E-state index in [1.54, 1.807) is 30.0 Å². The highest BCUT2D eigenvalue weighted by Gasteiger charge is 2.19. The minimum atomic E-state index is -0.286. The number of methoxy groups -OCH3 is 1. The Labute approximate surface area is 125 Å². The molecule has 5 heteroatoms. The molecule has 0 spiro atoms. The number of ether oxygens (including phenoxy) is 2. The molecular formula is C16H23NO4. The first-order valence-electron chi connectivity index (χ1n) is 7.21. The van der Waals surface area contributed by atoms with Crippen LogP contribution in [0, 0.1) is 0 Å². The van der Waals surface area contributed by atoms with Crippen molar-refractivity contribution in [3.8, 4) is 5.75 Å². The smallest absolute Gasteiger partial charge is 0.307 e. The van der Waals surface area contributed by atoms with E-state index in [9.17, 15) is 9.59 Å². The summed E-state index contributed by atoms with van der Waals surface area (Å²) < 4.78 is 10.1. The summed E-state index contributed by atoms with van der Waals surface area (Å²) in [6, 6.07) is 7.10. The predicted molar refractivity (Wildman–Crippen MR) is 80.4 cm³/mol. The van der Waals surface area contributed by atoms with Crippen molar-refractivity contribution in [1.82, 2.24) is 4.90 Å². The zero-order chi connectivity index (χ0) is 15.7. The average Bonchev–Trinajstić information content (AvgIpc) is 2.51. The van der Waals surface area contributed by atoms with Gasteiger partial charge in [0.2, 0.25) is 0 Å². The third-order valence-corrected chi connectivity index (χ3v) is 3.01. The molecule has 0 N–H and O–H groups in total. The summed E-state index contributed by atoms with van der Waals surface area (Å²) in [7, 11) is 1.54. The molecule has 0 heterocycles. The van der Waals surface area contributed by atoms with Crippen LogP contribution in [0.2, 0.25) is 0 Å². The molecule has 1 aromatic rings. The van der Waals surface area contributed by atoms with E-state index in [2.05, 4.69) is 0 Å². The number of amides is 1. The molecule has 5 nitrogen and oxygen atoms in total. The number of carbonyl (C=O) groups is 2. The predicted octanol–water partition coefficient (Wildman–Crippen LogP) is 2.50. The molecule has 0 aliphatic carbocycles. The summed E-state index contributed by atoms with van der Waals surface area (Å²) in [5.41, 5.74) is 0.511.